The molecule has 2 fully saturated rings. The first-order valence-electron chi connectivity index (χ1n) is 11.6. The van der Waals surface area contributed by atoms with Crippen molar-refractivity contribution in [2.24, 2.45) is 5.92 Å². The molecule has 3 heterocycles. The van der Waals surface area contributed by atoms with Crippen LogP contribution in [0.2, 0.25) is 5.02 Å². The molecule has 0 bridgehead atoms. The Morgan fingerprint density at radius 1 is 1.31 bits per heavy atom. The zero-order chi connectivity index (χ0) is 25.4. The molecule has 2 aliphatic carbocycles. The molecule has 2 aromatic heterocycles. The summed E-state index contributed by atoms with van der Waals surface area (Å²) in [5, 5.41) is 15.4. The van der Waals surface area contributed by atoms with Crippen molar-refractivity contribution in [3.05, 3.63) is 63.4 Å². The second-order valence-electron chi connectivity index (χ2n) is 9.99. The lowest BCUT2D eigenvalue weighted by Crippen LogP contribution is -2.60. The van der Waals surface area contributed by atoms with Gasteiger partial charge in [0.25, 0.3) is 11.8 Å². The zero-order valence-electron chi connectivity index (χ0n) is 19.2. The molecule has 2 saturated carbocycles. The molecule has 3 aromatic rings. The average Bonchev–Trinajstić information content (AvgIpc) is 3.11. The van der Waals surface area contributed by atoms with Crippen molar-refractivity contribution in [1.82, 2.24) is 25.3 Å². The van der Waals surface area contributed by atoms with Gasteiger partial charge in [-0.3, -0.25) is 14.7 Å². The summed E-state index contributed by atoms with van der Waals surface area (Å²) < 4.78 is 43.2. The maximum absolute atomic E-state index is 13.8. The summed E-state index contributed by atoms with van der Waals surface area (Å²) in [7, 11) is 0. The lowest BCUT2D eigenvalue weighted by atomic mass is 9.71. The summed E-state index contributed by atoms with van der Waals surface area (Å²) in [5.41, 5.74) is 2.08. The molecule has 8 nitrogen and oxygen atoms in total. The molecule has 2 atom stereocenters. The number of hydrogen-bond donors (Lipinski definition) is 3. The molecule has 0 radical (unpaired) electrons. The third-order valence-electron chi connectivity index (χ3n) is 7.50. The summed E-state index contributed by atoms with van der Waals surface area (Å²) in [6.45, 7) is 1.78. The highest BCUT2D eigenvalue weighted by Gasteiger charge is 2.59. The monoisotopic (exact) mass is 518 g/mol. The van der Waals surface area contributed by atoms with Crippen molar-refractivity contribution in [1.29, 1.82) is 0 Å². The lowest BCUT2D eigenvalue weighted by molar-refractivity contribution is -0.150. The lowest BCUT2D eigenvalue weighted by Gasteiger charge is -2.46. The van der Waals surface area contributed by atoms with Crippen molar-refractivity contribution in [2.45, 2.75) is 56.5 Å². The smallest absolute Gasteiger partial charge is 0.272 e. The summed E-state index contributed by atoms with van der Waals surface area (Å²) in [6, 6.07) is 4.13. The number of halogens is 4. The Labute approximate surface area is 208 Å². The number of nitrogens with one attached hydrogen (secondary N) is 3. The highest BCUT2D eigenvalue weighted by Crippen LogP contribution is 2.55. The Hall–Kier alpha value is -3.34. The maximum atomic E-state index is 13.8. The Kier molecular flexibility index (Phi) is 5.02. The van der Waals surface area contributed by atoms with Crippen molar-refractivity contribution in [3.63, 3.8) is 0 Å². The molecule has 3 aliphatic rings. The minimum Gasteiger partial charge on any atom is -0.344 e. The van der Waals surface area contributed by atoms with Gasteiger partial charge in [-0.05, 0) is 55.0 Å². The third kappa shape index (κ3) is 3.68. The number of hydrogen-bond acceptors (Lipinski definition) is 4. The summed E-state index contributed by atoms with van der Waals surface area (Å²) in [5.74, 6) is -3.87. The number of carbonyl (C=O) groups excluding carboxylic acids is 2. The van der Waals surface area contributed by atoms with Crippen LogP contribution in [-0.2, 0) is 23.2 Å². The zero-order valence-corrected chi connectivity index (χ0v) is 19.9. The van der Waals surface area contributed by atoms with Gasteiger partial charge in [-0.25, -0.2) is 13.2 Å². The predicted octanol–water partition coefficient (Wildman–Crippen LogP) is 4.06. The van der Waals surface area contributed by atoms with Gasteiger partial charge in [0.1, 0.15) is 17.2 Å². The van der Waals surface area contributed by atoms with E-state index >= 15 is 0 Å². The molecule has 0 unspecified atom stereocenters. The van der Waals surface area contributed by atoms with Crippen LogP contribution in [0.15, 0.2) is 24.4 Å². The van der Waals surface area contributed by atoms with Gasteiger partial charge < -0.3 is 15.2 Å². The fraction of sp³-hybridized carbons (Fsp3) is 0.417. The van der Waals surface area contributed by atoms with Crippen LogP contribution in [0.3, 0.4) is 0 Å². The van der Waals surface area contributed by atoms with Gasteiger partial charge in [0.15, 0.2) is 0 Å². The van der Waals surface area contributed by atoms with Gasteiger partial charge in [0.05, 0.1) is 17.0 Å². The molecule has 1 aliphatic heterocycles. The van der Waals surface area contributed by atoms with Gasteiger partial charge >= 0.3 is 0 Å². The third-order valence-corrected chi connectivity index (χ3v) is 7.79. The number of amides is 2. The van der Waals surface area contributed by atoms with Gasteiger partial charge in [-0.15, -0.1) is 5.10 Å². The molecule has 3 N–H and O–H groups in total. The maximum Gasteiger partial charge on any atom is 0.272 e. The van der Waals surface area contributed by atoms with Crippen LogP contribution >= 0.6 is 11.6 Å². The normalized spacial score (nSPS) is 22.4. The molecule has 188 valence electrons. The number of H-pyrrole nitrogens is 1. The minimum atomic E-state index is -2.89. The quantitative estimate of drug-likeness (QED) is 0.457. The number of anilines is 1. The van der Waals surface area contributed by atoms with Crippen LogP contribution in [0.25, 0.3) is 0 Å². The van der Waals surface area contributed by atoms with Crippen LogP contribution in [-0.4, -0.2) is 37.7 Å². The van der Waals surface area contributed by atoms with Gasteiger partial charge in [0.2, 0.25) is 5.91 Å². The van der Waals surface area contributed by atoms with Crippen LogP contribution in [0, 0.1) is 18.7 Å². The van der Waals surface area contributed by atoms with E-state index in [0.717, 1.165) is 24.1 Å². The van der Waals surface area contributed by atoms with Crippen LogP contribution < -0.4 is 10.6 Å². The van der Waals surface area contributed by atoms with Crippen molar-refractivity contribution >= 4 is 29.1 Å². The number of benzene rings is 1. The van der Waals surface area contributed by atoms with Crippen LogP contribution in [0.5, 0.6) is 0 Å². The van der Waals surface area contributed by atoms with Crippen molar-refractivity contribution < 1.29 is 22.8 Å². The fourth-order valence-corrected chi connectivity index (χ4v) is 5.95. The summed E-state index contributed by atoms with van der Waals surface area (Å²) in [6.07, 6.45) is 1.96. The first-order chi connectivity index (χ1) is 17.1. The molecule has 36 heavy (non-hydrogen) atoms. The molecule has 0 saturated heterocycles. The average molecular weight is 519 g/mol. The largest absolute Gasteiger partial charge is 0.344 e. The van der Waals surface area contributed by atoms with Crippen molar-refractivity contribution in [2.75, 3.05) is 5.32 Å². The molecular weight excluding hydrogens is 497 g/mol. The van der Waals surface area contributed by atoms with E-state index in [9.17, 15) is 22.8 Å². The topological polar surface area (TPSA) is 105 Å². The van der Waals surface area contributed by atoms with E-state index in [1.807, 2.05) is 4.57 Å². The van der Waals surface area contributed by atoms with E-state index in [-0.39, 0.29) is 29.1 Å². The van der Waals surface area contributed by atoms with E-state index in [4.69, 9.17) is 11.6 Å². The molecule has 12 heteroatoms. The minimum absolute atomic E-state index is 0.0541. The predicted molar refractivity (Wildman–Crippen MR) is 123 cm³/mol. The first-order valence-corrected chi connectivity index (χ1v) is 12.0. The van der Waals surface area contributed by atoms with Crippen LogP contribution in [0.1, 0.15) is 58.3 Å². The fourth-order valence-electron chi connectivity index (χ4n) is 5.77. The van der Waals surface area contributed by atoms with Crippen LogP contribution in [0.4, 0.5) is 18.9 Å². The number of nitrogens with zero attached hydrogens (tertiary/aromatic N) is 3. The molecular formula is C24H22ClF3N6O2. The number of alkyl halides is 2. The standard InChI is InChI=1S/C24H22ClF3N6O2/c1-11-14(7-20(35)31-23(9-24(27,28)10-23)19-8-29-33-32-19)18-5-12-4-17(12)34(18)21(11)22(36)30-13-2-3-16(26)15(25)6-13/h2-3,6,8,12,17H,4-5,7,9-10H2,1H3,(H,30,36)(H,31,35)(H,29,32,33)/t12-,17-/m1/s1. The Morgan fingerprint density at radius 3 is 2.75 bits per heavy atom. The number of rotatable bonds is 6. The number of fused-ring (bicyclic) bond motifs is 3. The van der Waals surface area contributed by atoms with Gasteiger partial charge in [-0.1, -0.05) is 16.8 Å². The van der Waals surface area contributed by atoms with Crippen molar-refractivity contribution in [3.8, 4) is 0 Å². The molecule has 1 aromatic carbocycles. The van der Waals surface area contributed by atoms with E-state index < -0.39 is 36.0 Å². The van der Waals surface area contributed by atoms with E-state index in [1.165, 1.54) is 24.4 Å². The Bertz CT molecular complexity index is 1400. The summed E-state index contributed by atoms with van der Waals surface area (Å²) >= 11 is 5.85. The highest BCUT2D eigenvalue weighted by atomic mass is 35.5. The molecule has 6 rings (SSSR count). The number of aromatic nitrogens is 4. The Balaban J connectivity index is 1.27. The number of carbonyl (C=O) groups is 2. The SMILES string of the molecule is Cc1c(CC(=O)NC2(c3c[nH]nn3)CC(F)(F)C2)c2n(c1C(=O)Nc1ccc(F)c(Cl)c1)[C@@H]1C[C@@H]1C2. The molecule has 0 spiro atoms. The highest BCUT2D eigenvalue weighted by molar-refractivity contribution is 6.31. The second-order valence-corrected chi connectivity index (χ2v) is 10.4. The van der Waals surface area contributed by atoms with E-state index in [1.54, 1.807) is 6.92 Å². The van der Waals surface area contributed by atoms with Gasteiger partial charge in [-0.2, -0.15) is 0 Å². The van der Waals surface area contributed by atoms with Gasteiger partial charge in [0, 0.05) is 36.5 Å². The Morgan fingerprint density at radius 2 is 2.08 bits per heavy atom. The summed E-state index contributed by atoms with van der Waals surface area (Å²) in [4.78, 5) is 26.4. The first kappa shape index (κ1) is 23.1. The number of aromatic amines is 1. The second kappa shape index (κ2) is 7.83. The molecule has 2 amide bonds. The van der Waals surface area contributed by atoms with E-state index in [0.29, 0.717) is 22.9 Å². The van der Waals surface area contributed by atoms with E-state index in [2.05, 4.69) is 26.0 Å².